The summed E-state index contributed by atoms with van der Waals surface area (Å²) in [5.74, 6) is 6.42. The number of hydrazone groups is 1. The Hall–Kier alpha value is -3.27. The molecule has 0 aliphatic rings. The maximum Gasteiger partial charge on any atom is 0.150 e. The van der Waals surface area contributed by atoms with Crippen molar-refractivity contribution >= 4 is 28.8 Å². The Bertz CT molecular complexity index is 912. The zero-order valence-electron chi connectivity index (χ0n) is 13.4. The van der Waals surface area contributed by atoms with Crippen molar-refractivity contribution in [1.29, 1.82) is 0 Å². The molecule has 0 aliphatic heterocycles. The first-order chi connectivity index (χ1) is 11.7. The Morgan fingerprint density at radius 3 is 2.21 bits per heavy atom. The van der Waals surface area contributed by atoms with Gasteiger partial charge in [-0.3, -0.25) is 0 Å². The number of nitrogens with zero attached hydrogens (tertiary/aromatic N) is 1. The van der Waals surface area contributed by atoms with Crippen molar-refractivity contribution in [2.24, 2.45) is 16.7 Å². The molecule has 0 unspecified atom stereocenters. The molecule has 4 nitrogen and oxygen atoms in total. The van der Waals surface area contributed by atoms with Crippen LogP contribution in [0.2, 0.25) is 0 Å². The molecular weight excluding hydrogens is 298 g/mol. The topological polar surface area (TPSA) is 73.6 Å². The Morgan fingerprint density at radius 2 is 1.50 bits per heavy atom. The van der Waals surface area contributed by atoms with Gasteiger partial charge in [-0.05, 0) is 46.2 Å². The fraction of sp³-hybridized carbons (Fsp3) is 0.0500. The van der Waals surface area contributed by atoms with Crippen LogP contribution >= 0.6 is 0 Å². The summed E-state index contributed by atoms with van der Waals surface area (Å²) in [4.78, 5) is 0. The molecule has 4 N–H and O–H groups in total. The highest BCUT2D eigenvalue weighted by Gasteiger charge is 2.01. The number of methoxy groups -OCH3 is 1. The van der Waals surface area contributed by atoms with Crippen LogP contribution in [-0.4, -0.2) is 12.9 Å². The molecule has 0 radical (unpaired) electrons. The summed E-state index contributed by atoms with van der Waals surface area (Å²) < 4.78 is 5.17. The fourth-order valence-corrected chi connectivity index (χ4v) is 2.51. The molecule has 0 amide bonds. The number of rotatable bonds is 4. The zero-order chi connectivity index (χ0) is 16.9. The second-order valence-electron chi connectivity index (χ2n) is 5.44. The molecule has 0 aromatic heterocycles. The van der Waals surface area contributed by atoms with Crippen LogP contribution in [0.5, 0.6) is 5.75 Å². The minimum absolute atomic E-state index is 0.334. The molecule has 120 valence electrons. The normalized spacial score (nSPS) is 12.0. The zero-order valence-corrected chi connectivity index (χ0v) is 13.4. The lowest BCUT2D eigenvalue weighted by atomic mass is 10.0. The third-order valence-electron chi connectivity index (χ3n) is 3.88. The van der Waals surface area contributed by atoms with E-state index in [0.29, 0.717) is 5.84 Å². The first-order valence-electron chi connectivity index (χ1n) is 7.59. The minimum atomic E-state index is 0.334. The highest BCUT2D eigenvalue weighted by atomic mass is 16.5. The van der Waals surface area contributed by atoms with Crippen LogP contribution < -0.4 is 16.3 Å². The van der Waals surface area contributed by atoms with E-state index in [9.17, 15) is 0 Å². The van der Waals surface area contributed by atoms with Crippen LogP contribution in [0.15, 0.2) is 65.8 Å². The number of fused-ring (bicyclic) bond motifs is 1. The van der Waals surface area contributed by atoms with Gasteiger partial charge in [0, 0.05) is 5.56 Å². The molecule has 0 fully saturated rings. The lowest BCUT2D eigenvalue weighted by Gasteiger charge is -2.04. The van der Waals surface area contributed by atoms with E-state index in [4.69, 9.17) is 16.3 Å². The number of hydrogen-bond acceptors (Lipinski definition) is 3. The van der Waals surface area contributed by atoms with E-state index < -0.39 is 0 Å². The van der Waals surface area contributed by atoms with Crippen molar-refractivity contribution in [3.8, 4) is 5.75 Å². The minimum Gasteiger partial charge on any atom is -0.497 e. The molecule has 0 bridgehead atoms. The van der Waals surface area contributed by atoms with E-state index in [1.54, 1.807) is 7.11 Å². The molecule has 0 aliphatic carbocycles. The molecule has 3 aromatic rings. The predicted molar refractivity (Wildman–Crippen MR) is 101 cm³/mol. The molecule has 0 spiro atoms. The van der Waals surface area contributed by atoms with Gasteiger partial charge in [-0.25, -0.2) is 0 Å². The van der Waals surface area contributed by atoms with E-state index in [2.05, 4.69) is 35.5 Å². The average molecular weight is 317 g/mol. The first kappa shape index (κ1) is 15.6. The maximum atomic E-state index is 5.75. The Labute approximate surface area is 141 Å². The molecule has 0 heterocycles. The van der Waals surface area contributed by atoms with Gasteiger partial charge in [0.2, 0.25) is 0 Å². The van der Waals surface area contributed by atoms with Crippen LogP contribution in [0.3, 0.4) is 0 Å². The lowest BCUT2D eigenvalue weighted by Crippen LogP contribution is -2.15. The van der Waals surface area contributed by atoms with Gasteiger partial charge in [-0.15, -0.1) is 0 Å². The van der Waals surface area contributed by atoms with Gasteiger partial charge >= 0.3 is 0 Å². The highest BCUT2D eigenvalue weighted by Crippen LogP contribution is 2.20. The summed E-state index contributed by atoms with van der Waals surface area (Å²) in [5, 5.41) is 5.77. The van der Waals surface area contributed by atoms with Crippen LogP contribution in [0, 0.1) is 0 Å². The second kappa shape index (κ2) is 6.87. The Morgan fingerprint density at radius 1 is 0.875 bits per heavy atom. The van der Waals surface area contributed by atoms with Crippen LogP contribution in [0.25, 0.3) is 22.9 Å². The van der Waals surface area contributed by atoms with Crippen LogP contribution in [0.4, 0.5) is 0 Å². The van der Waals surface area contributed by atoms with Crippen molar-refractivity contribution in [2.45, 2.75) is 0 Å². The Kier molecular flexibility index (Phi) is 4.47. The third kappa shape index (κ3) is 3.38. The van der Waals surface area contributed by atoms with Gasteiger partial charge in [-0.2, -0.15) is 5.10 Å². The van der Waals surface area contributed by atoms with Gasteiger partial charge in [0.1, 0.15) is 11.6 Å². The summed E-state index contributed by atoms with van der Waals surface area (Å²) in [7, 11) is 1.67. The average Bonchev–Trinajstić information content (AvgIpc) is 2.65. The van der Waals surface area contributed by atoms with E-state index in [-0.39, 0.29) is 0 Å². The summed E-state index contributed by atoms with van der Waals surface area (Å²) in [6.45, 7) is 0. The third-order valence-corrected chi connectivity index (χ3v) is 3.88. The molecule has 0 saturated carbocycles. The quantitative estimate of drug-likeness (QED) is 0.254. The standard InChI is InChI=1S/C20H19N3O/c1-24-19-10-5-14(6-11-19)2-3-15-4-7-17-13-18(20(21)23-22)9-8-16(17)12-15/h2-13H,22H2,1H3,(H2,21,23)/b3-2+. The molecule has 0 saturated heterocycles. The number of benzene rings is 3. The molecule has 0 atom stereocenters. The van der Waals surface area contributed by atoms with Gasteiger partial charge in [0.25, 0.3) is 0 Å². The maximum absolute atomic E-state index is 5.75. The van der Waals surface area contributed by atoms with Crippen molar-refractivity contribution in [2.75, 3.05) is 7.11 Å². The van der Waals surface area contributed by atoms with Crippen molar-refractivity contribution in [3.05, 3.63) is 77.4 Å². The van der Waals surface area contributed by atoms with Crippen molar-refractivity contribution in [3.63, 3.8) is 0 Å². The number of hydrogen-bond donors (Lipinski definition) is 2. The number of nitrogens with two attached hydrogens (primary N) is 2. The number of ether oxygens (including phenoxy) is 1. The Balaban J connectivity index is 1.86. The highest BCUT2D eigenvalue weighted by molar-refractivity contribution is 6.01. The molecule has 24 heavy (non-hydrogen) atoms. The van der Waals surface area contributed by atoms with Gasteiger partial charge in [-0.1, -0.05) is 48.6 Å². The smallest absolute Gasteiger partial charge is 0.150 e. The van der Waals surface area contributed by atoms with E-state index in [1.807, 2.05) is 42.5 Å². The molecule has 3 aromatic carbocycles. The van der Waals surface area contributed by atoms with Crippen molar-refractivity contribution < 1.29 is 4.74 Å². The number of amidine groups is 1. The molecule has 4 heteroatoms. The summed E-state index contributed by atoms with van der Waals surface area (Å²) >= 11 is 0. The largest absolute Gasteiger partial charge is 0.497 e. The summed E-state index contributed by atoms with van der Waals surface area (Å²) in [5.41, 5.74) is 8.83. The van der Waals surface area contributed by atoms with E-state index >= 15 is 0 Å². The lowest BCUT2D eigenvalue weighted by molar-refractivity contribution is 0.415. The summed E-state index contributed by atoms with van der Waals surface area (Å²) in [6, 6.07) is 20.1. The van der Waals surface area contributed by atoms with Crippen LogP contribution in [-0.2, 0) is 0 Å². The van der Waals surface area contributed by atoms with Crippen LogP contribution in [0.1, 0.15) is 16.7 Å². The van der Waals surface area contributed by atoms with Gasteiger partial charge in [0.05, 0.1) is 7.11 Å². The fourth-order valence-electron chi connectivity index (χ4n) is 2.51. The van der Waals surface area contributed by atoms with Gasteiger partial charge in [0.15, 0.2) is 0 Å². The molecule has 3 rings (SSSR count). The predicted octanol–water partition coefficient (Wildman–Crippen LogP) is 3.60. The van der Waals surface area contributed by atoms with E-state index in [0.717, 1.165) is 33.2 Å². The van der Waals surface area contributed by atoms with Crippen molar-refractivity contribution in [1.82, 2.24) is 0 Å². The first-order valence-corrected chi connectivity index (χ1v) is 7.59. The summed E-state index contributed by atoms with van der Waals surface area (Å²) in [6.07, 6.45) is 4.17. The van der Waals surface area contributed by atoms with Gasteiger partial charge < -0.3 is 16.3 Å². The van der Waals surface area contributed by atoms with E-state index in [1.165, 1.54) is 0 Å². The molecular formula is C20H19N3O. The monoisotopic (exact) mass is 317 g/mol. The second-order valence-corrected chi connectivity index (χ2v) is 5.44. The SMILES string of the molecule is COc1ccc(/C=C/c2ccc3cc(/C(N)=N\N)ccc3c2)cc1.